The molecule has 3 aliphatic heterocycles. The van der Waals surface area contributed by atoms with Crippen LogP contribution in [0.5, 0.6) is 0 Å². The monoisotopic (exact) mass is 496 g/mol. The molecule has 3 saturated heterocycles. The molecule has 1 aromatic rings. The number of amides is 2. The summed E-state index contributed by atoms with van der Waals surface area (Å²) in [6, 6.07) is 3.31. The van der Waals surface area contributed by atoms with E-state index in [2.05, 4.69) is 0 Å². The summed E-state index contributed by atoms with van der Waals surface area (Å²) in [5.41, 5.74) is 4.60. The normalized spacial score (nSPS) is 34.9. The topological polar surface area (TPSA) is 117 Å². The van der Waals surface area contributed by atoms with Crippen LogP contribution in [0.15, 0.2) is 17.5 Å². The van der Waals surface area contributed by atoms with Crippen LogP contribution >= 0.6 is 11.3 Å². The molecule has 2 N–H and O–H groups in total. The number of nitriles is 1. The molecule has 2 bridgehead atoms. The molecule has 34 heavy (non-hydrogen) atoms. The van der Waals surface area contributed by atoms with Crippen molar-refractivity contribution in [3.8, 4) is 6.07 Å². The molecule has 4 aliphatic rings. The van der Waals surface area contributed by atoms with Gasteiger partial charge in [0.15, 0.2) is 5.72 Å². The van der Waals surface area contributed by atoms with Crippen molar-refractivity contribution < 1.29 is 32.3 Å². The second kappa shape index (κ2) is 7.95. The van der Waals surface area contributed by atoms with Gasteiger partial charge >= 0.3 is 12.1 Å². The number of carbonyl (C=O) groups excluding carboxylic acids is 3. The van der Waals surface area contributed by atoms with Crippen molar-refractivity contribution in [3.05, 3.63) is 22.4 Å². The molecular weight excluding hydrogens is 473 g/mol. The van der Waals surface area contributed by atoms with Gasteiger partial charge in [0, 0.05) is 24.4 Å². The Morgan fingerprint density at radius 1 is 1.24 bits per heavy atom. The molecule has 8 nitrogen and oxygen atoms in total. The van der Waals surface area contributed by atoms with Crippen LogP contribution < -0.4 is 5.73 Å². The number of esters is 1. The summed E-state index contributed by atoms with van der Waals surface area (Å²) in [7, 11) is 0. The maximum absolute atomic E-state index is 13.4. The fourth-order valence-electron chi connectivity index (χ4n) is 6.07. The van der Waals surface area contributed by atoms with E-state index in [0.717, 1.165) is 17.7 Å². The minimum absolute atomic E-state index is 0.0382. The maximum atomic E-state index is 13.4. The Balaban J connectivity index is 1.32. The largest absolute Gasteiger partial charge is 0.491 e. The van der Waals surface area contributed by atoms with Gasteiger partial charge in [0.2, 0.25) is 5.91 Å². The highest BCUT2D eigenvalue weighted by molar-refractivity contribution is 7.12. The second-order valence-corrected chi connectivity index (χ2v) is 10.5. The number of alkyl halides is 3. The van der Waals surface area contributed by atoms with Gasteiger partial charge in [-0.2, -0.15) is 18.4 Å². The number of hydrogen-bond donors (Lipinski definition) is 1. The van der Waals surface area contributed by atoms with Crippen LogP contribution in [0.1, 0.15) is 48.2 Å². The summed E-state index contributed by atoms with van der Waals surface area (Å²) < 4.78 is 43.3. The van der Waals surface area contributed by atoms with Crippen molar-refractivity contribution in [1.29, 1.82) is 5.26 Å². The molecule has 2 amide bonds. The molecular formula is C22H23F3N4O4S. The predicted octanol–water partition coefficient (Wildman–Crippen LogP) is 2.40. The summed E-state index contributed by atoms with van der Waals surface area (Å²) in [6.45, 7) is 0. The molecule has 4 fully saturated rings. The van der Waals surface area contributed by atoms with Crippen LogP contribution in [-0.4, -0.2) is 63.7 Å². The number of nitrogens with zero attached hydrogens (tertiary/aromatic N) is 3. The Labute approximate surface area is 197 Å². The van der Waals surface area contributed by atoms with Crippen LogP contribution in [0.25, 0.3) is 0 Å². The van der Waals surface area contributed by atoms with E-state index in [1.165, 1.54) is 11.3 Å². The third-order valence-electron chi connectivity index (χ3n) is 7.66. The Hall–Kier alpha value is -2.65. The number of likely N-dealkylation sites (tertiary alicyclic amines) is 1. The standard InChI is InChI=1S/C22H23F3N4O4S/c23-22(24,25)20(32)33-21-9-12(21)8-15(10-26)29(21)19(31)17(27)11-6-13-3-4-14(7-11)28(13)18(30)16-2-1-5-34-16/h1-2,5,11-15,17H,3-4,6-9,27H2/t11?,12-,13?,14?,15+,17+,21+/m1/s1. The first kappa shape index (κ1) is 23.1. The molecule has 5 rings (SSSR count). The lowest BCUT2D eigenvalue weighted by Crippen LogP contribution is -2.58. The van der Waals surface area contributed by atoms with Gasteiger partial charge in [-0.05, 0) is 49.5 Å². The van der Waals surface area contributed by atoms with Crippen LogP contribution in [-0.2, 0) is 14.3 Å². The van der Waals surface area contributed by atoms with Gasteiger partial charge in [0.05, 0.1) is 17.0 Å². The van der Waals surface area contributed by atoms with Crippen LogP contribution in [0.3, 0.4) is 0 Å². The summed E-state index contributed by atoms with van der Waals surface area (Å²) in [5.74, 6) is -3.91. The Morgan fingerprint density at radius 3 is 2.47 bits per heavy atom. The molecule has 182 valence electrons. The SMILES string of the molecule is N#C[C@@H]1C[C@@H]2C[C@@]2(OC(=O)C(F)(F)F)N1C(=O)[C@@H](N)C1CC2CCC(C1)N2C(=O)c1cccs1. The van der Waals surface area contributed by atoms with Gasteiger partial charge in [-0.15, -0.1) is 11.3 Å². The van der Waals surface area contributed by atoms with Crippen molar-refractivity contribution in [3.63, 3.8) is 0 Å². The van der Waals surface area contributed by atoms with E-state index in [9.17, 15) is 32.8 Å². The van der Waals surface area contributed by atoms with E-state index >= 15 is 0 Å². The predicted molar refractivity (Wildman–Crippen MR) is 112 cm³/mol. The van der Waals surface area contributed by atoms with Gasteiger partial charge in [-0.3, -0.25) is 14.5 Å². The lowest BCUT2D eigenvalue weighted by Gasteiger charge is -2.42. The van der Waals surface area contributed by atoms with Gasteiger partial charge < -0.3 is 15.4 Å². The second-order valence-electron chi connectivity index (χ2n) is 9.55. The van der Waals surface area contributed by atoms with E-state index < -0.39 is 41.8 Å². The summed E-state index contributed by atoms with van der Waals surface area (Å²) in [4.78, 5) is 41.4. The fraction of sp³-hybridized carbons (Fsp3) is 0.636. The molecule has 1 aromatic heterocycles. The number of hydrogen-bond acceptors (Lipinski definition) is 7. The Morgan fingerprint density at radius 2 is 1.91 bits per heavy atom. The quantitative estimate of drug-likeness (QED) is 0.640. The highest BCUT2D eigenvalue weighted by atomic mass is 32.1. The molecule has 4 heterocycles. The number of fused-ring (bicyclic) bond motifs is 3. The van der Waals surface area contributed by atoms with E-state index in [-0.39, 0.29) is 36.8 Å². The molecule has 1 aliphatic carbocycles. The van der Waals surface area contributed by atoms with Crippen LogP contribution in [0, 0.1) is 23.2 Å². The van der Waals surface area contributed by atoms with E-state index in [1.807, 2.05) is 22.4 Å². The Bertz CT molecular complexity index is 1040. The van der Waals surface area contributed by atoms with Crippen molar-refractivity contribution in [2.24, 2.45) is 17.6 Å². The highest BCUT2D eigenvalue weighted by Crippen LogP contribution is 2.59. The number of rotatable bonds is 4. The highest BCUT2D eigenvalue weighted by Gasteiger charge is 2.72. The number of nitrogens with two attached hydrogens (primary N) is 1. The number of thiophene rings is 1. The third kappa shape index (κ3) is 3.56. The lowest BCUT2D eigenvalue weighted by molar-refractivity contribution is -0.217. The molecule has 1 saturated carbocycles. The summed E-state index contributed by atoms with van der Waals surface area (Å²) >= 11 is 1.37. The van der Waals surface area contributed by atoms with Gasteiger partial charge in [0.1, 0.15) is 6.04 Å². The first-order valence-corrected chi connectivity index (χ1v) is 12.1. The lowest BCUT2D eigenvalue weighted by atomic mass is 9.84. The van der Waals surface area contributed by atoms with Crippen molar-refractivity contribution in [1.82, 2.24) is 9.80 Å². The van der Waals surface area contributed by atoms with E-state index in [1.54, 1.807) is 6.07 Å². The Kier molecular flexibility index (Phi) is 5.40. The van der Waals surface area contributed by atoms with Gasteiger partial charge in [-0.25, -0.2) is 4.79 Å². The van der Waals surface area contributed by atoms with Crippen molar-refractivity contribution in [2.45, 2.75) is 74.6 Å². The minimum Gasteiger partial charge on any atom is -0.432 e. The molecule has 0 aromatic carbocycles. The third-order valence-corrected chi connectivity index (χ3v) is 8.52. The zero-order valence-electron chi connectivity index (χ0n) is 18.0. The zero-order valence-corrected chi connectivity index (χ0v) is 18.8. The summed E-state index contributed by atoms with van der Waals surface area (Å²) in [6.07, 6.45) is -2.44. The van der Waals surface area contributed by atoms with Crippen LogP contribution in [0.4, 0.5) is 13.2 Å². The number of ether oxygens (including phenoxy) is 1. The molecule has 6 atom stereocenters. The van der Waals surface area contributed by atoms with Gasteiger partial charge in [-0.1, -0.05) is 6.07 Å². The average Bonchev–Trinajstić information content (AvgIpc) is 3.14. The van der Waals surface area contributed by atoms with Crippen molar-refractivity contribution >= 4 is 29.1 Å². The van der Waals surface area contributed by atoms with Crippen LogP contribution in [0.2, 0.25) is 0 Å². The molecule has 0 spiro atoms. The summed E-state index contributed by atoms with van der Waals surface area (Å²) in [5, 5.41) is 11.4. The first-order valence-electron chi connectivity index (χ1n) is 11.2. The average molecular weight is 497 g/mol. The molecule has 0 radical (unpaired) electrons. The smallest absolute Gasteiger partial charge is 0.432 e. The number of piperidine rings is 2. The van der Waals surface area contributed by atoms with E-state index in [0.29, 0.717) is 17.7 Å². The fourth-order valence-corrected chi connectivity index (χ4v) is 6.74. The maximum Gasteiger partial charge on any atom is 0.491 e. The zero-order chi connectivity index (χ0) is 24.4. The molecule has 12 heteroatoms. The van der Waals surface area contributed by atoms with Crippen molar-refractivity contribution in [2.75, 3.05) is 0 Å². The van der Waals surface area contributed by atoms with E-state index in [4.69, 9.17) is 10.5 Å². The number of halogens is 3. The molecule has 2 unspecified atom stereocenters. The van der Waals surface area contributed by atoms with Gasteiger partial charge in [0.25, 0.3) is 5.91 Å². The minimum atomic E-state index is -5.20. The first-order chi connectivity index (χ1) is 16.1. The number of carbonyl (C=O) groups is 3.